The summed E-state index contributed by atoms with van der Waals surface area (Å²) >= 11 is 0. The van der Waals surface area contributed by atoms with Gasteiger partial charge in [-0.2, -0.15) is 0 Å². The predicted molar refractivity (Wildman–Crippen MR) is 572 cm³/mol. The fourth-order valence-corrected chi connectivity index (χ4v) is 19.1. The number of para-hydroxylation sites is 1. The number of carbonyl (C=O) groups excluding carboxylic acids is 5. The van der Waals surface area contributed by atoms with Gasteiger partial charge in [-0.05, 0) is 177 Å². The Hall–Kier alpha value is -10.4. The molecule has 16 rings (SSSR count). The quantitative estimate of drug-likeness (QED) is 0.0344. The van der Waals surface area contributed by atoms with Crippen molar-refractivity contribution in [3.63, 3.8) is 0 Å². The van der Waals surface area contributed by atoms with Gasteiger partial charge in [0, 0.05) is 300 Å². The first kappa shape index (κ1) is 116. The monoisotopic (exact) mass is 2020 g/mol. The minimum Gasteiger partial charge on any atom is -0.380 e. The van der Waals surface area contributed by atoms with Gasteiger partial charge in [-0.15, -0.1) is 0 Å². The lowest BCUT2D eigenvalue weighted by Crippen LogP contribution is -2.42. The Kier molecular flexibility index (Phi) is 49.2. The molecule has 0 aliphatic carbocycles. The zero-order valence-corrected chi connectivity index (χ0v) is 88.9. The fraction of sp³-hybridized carbons (Fsp3) is 0.561. The van der Waals surface area contributed by atoms with Crippen molar-refractivity contribution in [3.05, 3.63) is 172 Å². The van der Waals surface area contributed by atoms with Crippen LogP contribution in [0.5, 0.6) is 0 Å². The molecule has 9 aliphatic rings. The summed E-state index contributed by atoms with van der Waals surface area (Å²) in [6.45, 7) is 29.6. The van der Waals surface area contributed by atoms with Gasteiger partial charge in [0.25, 0.3) is 0 Å². The molecule has 3 N–H and O–H groups in total. The molecule has 0 bridgehead atoms. The number of benzene rings is 7. The lowest BCUT2D eigenvalue weighted by atomic mass is 10.0. The largest absolute Gasteiger partial charge is 0.380 e. The third-order valence-corrected chi connectivity index (χ3v) is 26.1. The summed E-state index contributed by atoms with van der Waals surface area (Å²) in [5, 5.41) is 5.72. The van der Waals surface area contributed by atoms with Gasteiger partial charge in [0.1, 0.15) is 0 Å². The van der Waals surface area contributed by atoms with Gasteiger partial charge in [0.15, 0.2) is 0 Å². The molecule has 0 saturated carbocycles. The number of sulfonamides is 1. The Bertz CT molecular complexity index is 5190. The van der Waals surface area contributed by atoms with Crippen LogP contribution < -0.4 is 64.4 Å². The molecule has 7 aromatic rings. The van der Waals surface area contributed by atoms with Gasteiger partial charge >= 0.3 is 0 Å². The van der Waals surface area contributed by atoms with Crippen LogP contribution in [0.15, 0.2) is 133 Å². The molecule has 36 nitrogen and oxygen atoms in total. The number of anilines is 13. The van der Waals surface area contributed by atoms with E-state index in [1.54, 1.807) is 60.7 Å². The van der Waals surface area contributed by atoms with E-state index in [2.05, 4.69) is 129 Å². The third kappa shape index (κ3) is 36.9. The minimum absolute atomic E-state index is 0.0208. The Morgan fingerprint density at radius 1 is 0.354 bits per heavy atom. The molecule has 0 spiro atoms. The topological polar surface area (TPSA) is 318 Å². The number of ether oxygens (including phenoxy) is 13. The molecule has 37 heteroatoms. The zero-order valence-electron chi connectivity index (χ0n) is 88.1. The van der Waals surface area contributed by atoms with Crippen LogP contribution in [0.25, 0.3) is 0 Å². The number of rotatable bonds is 33. The summed E-state index contributed by atoms with van der Waals surface area (Å²) in [5.74, 6) is 0.438. The highest BCUT2D eigenvalue weighted by Crippen LogP contribution is 2.37. The molecule has 9 fully saturated rings. The molecule has 794 valence electrons. The van der Waals surface area contributed by atoms with E-state index in [0.717, 1.165) is 275 Å². The van der Waals surface area contributed by atoms with Gasteiger partial charge in [0.2, 0.25) is 39.6 Å². The Morgan fingerprint density at radius 2 is 0.674 bits per heavy atom. The summed E-state index contributed by atoms with van der Waals surface area (Å²) in [5.41, 5.74) is 21.1. The number of methoxy groups -OCH3 is 7. The van der Waals surface area contributed by atoms with Crippen molar-refractivity contribution in [2.75, 3.05) is 367 Å². The number of morpholine rings is 6. The number of hydrogen-bond acceptors (Lipinski definition) is 30. The smallest absolute Gasteiger partial charge is 0.240 e. The SMILES string of the molecule is COCc1cc(N(C)C(=O)CN(C)C)ccc1N1CCOCC1.COCc1cc(N2CCCC2=O)ccc1N1CCC(N(C)C)CC1.COCc1cc(NC(=O)CN(C)C)ccc1N1CCOCC1.COCc1cc(NC(C)=O)ccc1N1CCOCC1.COCc1cc(NS(C)(=O)=O)ccc1N1CCOCC1.COCc1ccc(N2CCCC2=O)cc1N1CCOCC1.COCc1ccccc1N1CCOCC1. The van der Waals surface area contributed by atoms with Crippen LogP contribution in [0.4, 0.5) is 73.9 Å². The molecular weight excluding hydrogens is 1860 g/mol. The molecule has 9 heterocycles. The van der Waals surface area contributed by atoms with E-state index in [1.165, 1.54) is 42.3 Å². The van der Waals surface area contributed by atoms with Crippen molar-refractivity contribution in [1.82, 2.24) is 14.7 Å². The first-order valence-electron chi connectivity index (χ1n) is 50.0. The maximum atomic E-state index is 12.2. The summed E-state index contributed by atoms with van der Waals surface area (Å²) in [7, 11) is 22.2. The standard InChI is InChI=1S/C19H29N3O2.C17H27N3O3.C16H25N3O3.C16H22N2O3.C14H20N2O3.C13H20N2O4S.C12H17NO2/c1-20(2)16-8-11-21(12-9-16)18-7-6-17(13-15(18)14-24-3)22-10-4-5-19(22)23;1-18(2)12-17(21)19(3)15-5-6-16(14(11-15)13-22-4)20-7-9-23-10-8-20;1-18(2)11-16(20)17-14-4-5-15(13(10-14)12-21-3)19-6-8-22-9-7-19;1-20-12-13-4-5-14(18-6-2-3-16(18)19)11-15(13)17-7-9-21-10-8-17;1-11(17)15-13-3-4-14(12(9-13)10-18-2)16-5-7-19-8-6-16;1-18-10-11-9-12(14-20(2,16)17)3-4-13(11)15-5-7-19-8-6-15;1-14-10-11-4-2-3-5-12(11)13-6-8-15-9-7-13/h6-7,13,16H,4-5,8-12,14H2,1-3H3;5-6,11H,7-10,12-13H2,1-4H3;4-5,10H,6-9,11-12H2,1-3H3,(H,17,20);4-5,11H,2-3,6-10,12H2,1H3;3-4,9H,5-8,10H2,1-2H3,(H,15,17);3-4,9,14H,5-8,10H2,1-2H3;2-5H,6-10H2,1H3. The predicted octanol–water partition coefficient (Wildman–Crippen LogP) is 11.0. The van der Waals surface area contributed by atoms with Crippen LogP contribution in [0.3, 0.4) is 0 Å². The van der Waals surface area contributed by atoms with Gasteiger partial charge in [0.05, 0.1) is 145 Å². The van der Waals surface area contributed by atoms with Crippen LogP contribution >= 0.6 is 0 Å². The van der Waals surface area contributed by atoms with E-state index in [-0.39, 0.29) is 29.5 Å². The number of piperidine rings is 1. The first-order chi connectivity index (χ1) is 69.6. The molecule has 5 amide bonds. The summed E-state index contributed by atoms with van der Waals surface area (Å²) in [6.07, 6.45) is 6.74. The Labute approximate surface area is 854 Å². The van der Waals surface area contributed by atoms with E-state index < -0.39 is 10.0 Å². The van der Waals surface area contributed by atoms with Crippen molar-refractivity contribution in [3.8, 4) is 0 Å². The van der Waals surface area contributed by atoms with E-state index >= 15 is 0 Å². The van der Waals surface area contributed by atoms with Crippen LogP contribution in [-0.2, 0) is 142 Å². The van der Waals surface area contributed by atoms with Gasteiger partial charge in [-0.1, -0.05) is 24.3 Å². The summed E-state index contributed by atoms with van der Waals surface area (Å²) in [6, 6.07) is 45.2. The lowest BCUT2D eigenvalue weighted by molar-refractivity contribution is -0.119. The highest BCUT2D eigenvalue weighted by atomic mass is 32.2. The molecular formula is C107H160N16O20S. The molecule has 0 aromatic heterocycles. The normalized spacial score (nSPS) is 16.8. The molecule has 9 aliphatic heterocycles. The van der Waals surface area contributed by atoms with E-state index in [4.69, 9.17) is 61.6 Å². The van der Waals surface area contributed by atoms with E-state index in [9.17, 15) is 32.4 Å². The number of nitrogens with zero attached hydrogens (tertiary/aromatic N) is 13. The average molecular weight is 2020 g/mol. The Morgan fingerprint density at radius 3 is 1.05 bits per heavy atom. The molecule has 9 saturated heterocycles. The van der Waals surface area contributed by atoms with Crippen LogP contribution in [0.1, 0.15) is 84.4 Å². The molecule has 0 radical (unpaired) electrons. The summed E-state index contributed by atoms with van der Waals surface area (Å²) < 4.78 is 94.4. The van der Waals surface area contributed by atoms with Crippen LogP contribution in [-0.4, -0.2) is 361 Å². The third-order valence-electron chi connectivity index (χ3n) is 25.5. The van der Waals surface area contributed by atoms with Crippen molar-refractivity contribution < 1.29 is 94.0 Å². The van der Waals surface area contributed by atoms with Gasteiger partial charge in [-0.25, -0.2) is 8.42 Å². The number of amides is 5. The molecule has 144 heavy (non-hydrogen) atoms. The van der Waals surface area contributed by atoms with Crippen LogP contribution in [0, 0.1) is 0 Å². The number of nitrogens with one attached hydrogen (secondary N) is 3. The number of hydrogen-bond donors (Lipinski definition) is 3. The Balaban J connectivity index is 0.000000173. The molecule has 0 unspecified atom stereocenters. The van der Waals surface area contributed by atoms with Crippen LogP contribution in [0.2, 0.25) is 0 Å². The first-order valence-corrected chi connectivity index (χ1v) is 51.9. The molecule has 7 aromatic carbocycles. The summed E-state index contributed by atoms with van der Waals surface area (Å²) in [4.78, 5) is 86.9. The van der Waals surface area contributed by atoms with Gasteiger partial charge < -0.3 is 136 Å². The number of likely N-dealkylation sites (N-methyl/N-ethyl adjacent to an activating group) is 3. The maximum Gasteiger partial charge on any atom is 0.240 e. The van der Waals surface area contributed by atoms with Crippen molar-refractivity contribution >= 4 is 113 Å². The highest BCUT2D eigenvalue weighted by molar-refractivity contribution is 7.92. The fourth-order valence-electron chi connectivity index (χ4n) is 18.5. The maximum absolute atomic E-state index is 12.2. The minimum atomic E-state index is -3.27. The number of carbonyl (C=O) groups is 5. The zero-order chi connectivity index (χ0) is 103. The van der Waals surface area contributed by atoms with Gasteiger partial charge in [-0.3, -0.25) is 28.7 Å². The van der Waals surface area contributed by atoms with E-state index in [0.29, 0.717) is 97.1 Å². The second-order valence-corrected chi connectivity index (χ2v) is 39.0. The average Bonchev–Trinajstić information content (AvgIpc) is 1.56. The van der Waals surface area contributed by atoms with Crippen molar-refractivity contribution in [2.24, 2.45) is 0 Å². The molecule has 0 atom stereocenters. The second kappa shape index (κ2) is 61.3. The van der Waals surface area contributed by atoms with Crippen molar-refractivity contribution in [2.45, 2.75) is 97.7 Å². The lowest BCUT2D eigenvalue weighted by Gasteiger charge is -2.37. The highest BCUT2D eigenvalue weighted by Gasteiger charge is 2.30. The van der Waals surface area contributed by atoms with E-state index in [1.807, 2.05) is 122 Å². The second-order valence-electron chi connectivity index (χ2n) is 37.2. The van der Waals surface area contributed by atoms with Crippen molar-refractivity contribution in [1.29, 1.82) is 0 Å².